The average Bonchev–Trinajstić information content (AvgIpc) is 3.34. The summed E-state index contributed by atoms with van der Waals surface area (Å²) in [5.74, 6) is -2.57. The van der Waals surface area contributed by atoms with E-state index in [-0.39, 0.29) is 26.8 Å². The number of nitrogens with one attached hydrogen (secondary N) is 3. The molecule has 3 aromatic carbocycles. The maximum Gasteiger partial charge on any atom is 0.242 e. The monoisotopic (exact) mass is 617 g/mol. The first-order valence-electron chi connectivity index (χ1n) is 13.1. The van der Waals surface area contributed by atoms with Gasteiger partial charge in [0.1, 0.15) is 11.2 Å². The maximum absolute atomic E-state index is 15.8. The van der Waals surface area contributed by atoms with E-state index in [2.05, 4.69) is 16.0 Å². The smallest absolute Gasteiger partial charge is 0.242 e. The van der Waals surface area contributed by atoms with E-state index >= 15 is 4.39 Å². The molecule has 5 rings (SSSR count). The second-order valence-corrected chi connectivity index (χ2v) is 14.7. The average molecular weight is 619 g/mol. The lowest BCUT2D eigenvalue weighted by molar-refractivity contribution is -0.122. The highest BCUT2D eigenvalue weighted by Gasteiger charge is 2.66. The number of rotatable bonds is 5. The second-order valence-electron chi connectivity index (χ2n) is 11.9. The lowest BCUT2D eigenvalue weighted by Crippen LogP contribution is -2.49. The van der Waals surface area contributed by atoms with Gasteiger partial charge in [-0.15, -0.1) is 0 Å². The van der Waals surface area contributed by atoms with Crippen LogP contribution in [0.3, 0.4) is 0 Å². The Hall–Kier alpha value is -2.98. The molecule has 1 spiro atoms. The van der Waals surface area contributed by atoms with Gasteiger partial charge >= 0.3 is 0 Å². The summed E-state index contributed by atoms with van der Waals surface area (Å²) >= 11 is 12.5. The Balaban J connectivity index is 1.68. The Kier molecular flexibility index (Phi) is 7.47. The number of carbonyl (C=O) groups excluding carboxylic acids is 2. The van der Waals surface area contributed by atoms with Gasteiger partial charge < -0.3 is 16.0 Å². The molecule has 1 saturated heterocycles. The van der Waals surface area contributed by atoms with Gasteiger partial charge in [0, 0.05) is 34.6 Å². The Morgan fingerprint density at radius 3 is 2.39 bits per heavy atom. The number of anilines is 2. The summed E-state index contributed by atoms with van der Waals surface area (Å²) in [5.41, 5.74) is -0.0395. The molecule has 7 nitrogen and oxygen atoms in total. The van der Waals surface area contributed by atoms with E-state index in [0.717, 1.165) is 6.26 Å². The zero-order valence-corrected chi connectivity index (χ0v) is 25.2. The molecular formula is C30H30Cl2FN3O4S. The highest BCUT2D eigenvalue weighted by Crippen LogP contribution is 2.57. The van der Waals surface area contributed by atoms with Gasteiger partial charge in [0.15, 0.2) is 9.84 Å². The van der Waals surface area contributed by atoms with Crippen LogP contribution in [0.15, 0.2) is 65.6 Å². The highest BCUT2D eigenvalue weighted by molar-refractivity contribution is 7.90. The molecule has 0 radical (unpaired) electrons. The third kappa shape index (κ3) is 5.25. The number of sulfone groups is 1. The Labute approximate surface area is 248 Å². The fourth-order valence-corrected chi connectivity index (χ4v) is 7.14. The van der Waals surface area contributed by atoms with E-state index in [1.54, 1.807) is 30.3 Å². The molecule has 2 heterocycles. The molecule has 0 saturated carbocycles. The number of amides is 2. The number of hydrogen-bond donors (Lipinski definition) is 3. The van der Waals surface area contributed by atoms with Crippen LogP contribution in [0.25, 0.3) is 0 Å². The third-order valence-corrected chi connectivity index (χ3v) is 9.43. The van der Waals surface area contributed by atoms with Crippen molar-refractivity contribution in [3.05, 3.63) is 87.7 Å². The standard InChI is InChI=1S/C30H30Cl2FN3O4S/c1-29(2,3)15-23-30(20-13-8-16(31)14-22(20)35-28(30)38)24(19-6-5-7-21(32)25(19)33)26(36-23)27(37)34-17-9-11-18(12-10-17)41(4,39)40/h5-14,23-24,26,36H,15H2,1-4H3,(H,34,37)(H,35,38)/t23-,24-,26+,30+/m0/s1. The lowest BCUT2D eigenvalue weighted by atomic mass is 9.62. The van der Waals surface area contributed by atoms with Crippen LogP contribution < -0.4 is 16.0 Å². The quantitative estimate of drug-likeness (QED) is 0.329. The van der Waals surface area contributed by atoms with Crippen LogP contribution in [0.1, 0.15) is 44.2 Å². The SMILES string of the molecule is CC(C)(C)C[C@@H]1N[C@@H](C(=O)Nc2ccc(S(C)(=O)=O)cc2)[C@H](c2cccc(Cl)c2F)[C@]12C(=O)Nc1cc(Cl)ccc12. The minimum atomic E-state index is -3.43. The normalized spacial score (nSPS) is 23.9. The summed E-state index contributed by atoms with van der Waals surface area (Å²) in [4.78, 5) is 28.3. The molecule has 4 atom stereocenters. The largest absolute Gasteiger partial charge is 0.325 e. The zero-order chi connectivity index (χ0) is 29.9. The highest BCUT2D eigenvalue weighted by atomic mass is 35.5. The molecule has 2 amide bonds. The molecule has 0 aromatic heterocycles. The minimum absolute atomic E-state index is 0.107. The second kappa shape index (κ2) is 10.4. The number of carbonyl (C=O) groups is 2. The van der Waals surface area contributed by atoms with Gasteiger partial charge in [-0.05, 0) is 65.4 Å². The lowest BCUT2D eigenvalue weighted by Gasteiger charge is -2.37. The fraction of sp³-hybridized carbons (Fsp3) is 0.333. The van der Waals surface area contributed by atoms with E-state index in [0.29, 0.717) is 28.4 Å². The Morgan fingerprint density at radius 1 is 1.07 bits per heavy atom. The van der Waals surface area contributed by atoms with Crippen LogP contribution in [0.2, 0.25) is 10.0 Å². The summed E-state index contributed by atoms with van der Waals surface area (Å²) in [7, 11) is -3.43. The molecular weight excluding hydrogens is 588 g/mol. The fourth-order valence-electron chi connectivity index (χ4n) is 6.16. The van der Waals surface area contributed by atoms with Crippen molar-refractivity contribution in [2.45, 2.75) is 55.5 Å². The van der Waals surface area contributed by atoms with Gasteiger partial charge in [-0.1, -0.05) is 62.2 Å². The zero-order valence-electron chi connectivity index (χ0n) is 22.9. The number of benzene rings is 3. The van der Waals surface area contributed by atoms with Gasteiger partial charge in [-0.2, -0.15) is 0 Å². The first kappa shape index (κ1) is 29.5. The topological polar surface area (TPSA) is 104 Å². The van der Waals surface area contributed by atoms with E-state index in [9.17, 15) is 18.0 Å². The van der Waals surface area contributed by atoms with Crippen LogP contribution >= 0.6 is 23.2 Å². The summed E-state index contributed by atoms with van der Waals surface area (Å²) in [6, 6.07) is 13.8. The molecule has 0 unspecified atom stereocenters. The van der Waals surface area contributed by atoms with Gasteiger partial charge in [0.05, 0.1) is 16.0 Å². The summed E-state index contributed by atoms with van der Waals surface area (Å²) in [5, 5.41) is 9.48. The van der Waals surface area contributed by atoms with Gasteiger partial charge in [0.2, 0.25) is 11.8 Å². The number of hydrogen-bond acceptors (Lipinski definition) is 5. The third-order valence-electron chi connectivity index (χ3n) is 7.77. The molecule has 2 aliphatic heterocycles. The van der Waals surface area contributed by atoms with Crippen molar-refractivity contribution in [1.29, 1.82) is 0 Å². The van der Waals surface area contributed by atoms with Crippen molar-refractivity contribution >= 4 is 56.2 Å². The summed E-state index contributed by atoms with van der Waals surface area (Å²) in [6.07, 6.45) is 1.58. The van der Waals surface area contributed by atoms with Crippen LogP contribution in [-0.2, 0) is 24.8 Å². The van der Waals surface area contributed by atoms with Gasteiger partial charge in [0.25, 0.3) is 0 Å². The molecule has 3 aromatic rings. The minimum Gasteiger partial charge on any atom is -0.325 e. The van der Waals surface area contributed by atoms with Crippen molar-refractivity contribution in [3.63, 3.8) is 0 Å². The molecule has 3 N–H and O–H groups in total. The first-order chi connectivity index (χ1) is 19.1. The maximum atomic E-state index is 15.8. The molecule has 11 heteroatoms. The number of halogens is 3. The molecule has 0 bridgehead atoms. The van der Waals surface area contributed by atoms with Crippen LogP contribution in [-0.4, -0.2) is 38.6 Å². The first-order valence-corrected chi connectivity index (χ1v) is 15.7. The summed E-state index contributed by atoms with van der Waals surface area (Å²) in [6.45, 7) is 6.09. The molecule has 216 valence electrons. The predicted octanol–water partition coefficient (Wildman–Crippen LogP) is 5.93. The van der Waals surface area contributed by atoms with Gasteiger partial charge in [-0.25, -0.2) is 12.8 Å². The Bertz CT molecular complexity index is 1660. The van der Waals surface area contributed by atoms with Crippen molar-refractivity contribution in [3.8, 4) is 0 Å². The Morgan fingerprint density at radius 2 is 1.76 bits per heavy atom. The predicted molar refractivity (Wildman–Crippen MR) is 159 cm³/mol. The van der Waals surface area contributed by atoms with Crippen molar-refractivity contribution in [2.24, 2.45) is 5.41 Å². The van der Waals surface area contributed by atoms with Crippen molar-refractivity contribution in [1.82, 2.24) is 5.32 Å². The molecule has 1 fully saturated rings. The number of fused-ring (bicyclic) bond motifs is 2. The van der Waals surface area contributed by atoms with E-state index in [1.807, 2.05) is 20.8 Å². The van der Waals surface area contributed by atoms with E-state index in [1.165, 1.54) is 30.3 Å². The molecule has 2 aliphatic rings. The van der Waals surface area contributed by atoms with Gasteiger partial charge in [-0.3, -0.25) is 9.59 Å². The molecule has 41 heavy (non-hydrogen) atoms. The van der Waals surface area contributed by atoms with Crippen molar-refractivity contribution in [2.75, 3.05) is 16.9 Å². The molecule has 0 aliphatic carbocycles. The summed E-state index contributed by atoms with van der Waals surface area (Å²) < 4.78 is 39.6. The van der Waals surface area contributed by atoms with E-state index in [4.69, 9.17) is 23.2 Å². The van der Waals surface area contributed by atoms with E-state index < -0.39 is 45.0 Å². The van der Waals surface area contributed by atoms with Crippen LogP contribution in [0, 0.1) is 11.2 Å². The van der Waals surface area contributed by atoms with Crippen LogP contribution in [0.4, 0.5) is 15.8 Å². The van der Waals surface area contributed by atoms with Crippen molar-refractivity contribution < 1.29 is 22.4 Å². The van der Waals surface area contributed by atoms with Crippen LogP contribution in [0.5, 0.6) is 0 Å².